The highest BCUT2D eigenvalue weighted by Gasteiger charge is 2.13. The highest BCUT2D eigenvalue weighted by Crippen LogP contribution is 2.25. The Morgan fingerprint density at radius 3 is 2.50 bits per heavy atom. The summed E-state index contributed by atoms with van der Waals surface area (Å²) < 4.78 is 3.10. The standard InChI is InChI=1S/C16H16BrN3/c1-19(2)15-10-6-9-13-16(17)18-14(20(13)15)11-12-7-4-3-5-8-12/h3-10H,11H2,1-2H3. The summed E-state index contributed by atoms with van der Waals surface area (Å²) in [7, 11) is 4.10. The molecule has 102 valence electrons. The second-order valence-electron chi connectivity index (χ2n) is 4.98. The summed E-state index contributed by atoms with van der Waals surface area (Å²) in [5.41, 5.74) is 2.36. The van der Waals surface area contributed by atoms with E-state index in [9.17, 15) is 0 Å². The number of halogens is 1. The van der Waals surface area contributed by atoms with Gasteiger partial charge in [0, 0.05) is 20.5 Å². The maximum atomic E-state index is 4.68. The van der Waals surface area contributed by atoms with Gasteiger partial charge in [0.2, 0.25) is 0 Å². The van der Waals surface area contributed by atoms with Crippen LogP contribution in [0, 0.1) is 0 Å². The summed E-state index contributed by atoms with van der Waals surface area (Å²) in [5.74, 6) is 2.18. The van der Waals surface area contributed by atoms with E-state index in [0.717, 1.165) is 28.2 Å². The fraction of sp³-hybridized carbons (Fsp3) is 0.188. The van der Waals surface area contributed by atoms with Crippen molar-refractivity contribution >= 4 is 27.3 Å². The number of anilines is 1. The smallest absolute Gasteiger partial charge is 0.132 e. The molecule has 2 heterocycles. The Balaban J connectivity index is 2.16. The molecule has 0 atom stereocenters. The van der Waals surface area contributed by atoms with Crippen molar-refractivity contribution in [3.63, 3.8) is 0 Å². The summed E-state index contributed by atoms with van der Waals surface area (Å²) >= 11 is 3.56. The molecule has 3 aromatic rings. The molecule has 0 bridgehead atoms. The molecule has 0 fully saturated rings. The lowest BCUT2D eigenvalue weighted by Crippen LogP contribution is -2.14. The number of fused-ring (bicyclic) bond motifs is 1. The second-order valence-corrected chi connectivity index (χ2v) is 5.73. The van der Waals surface area contributed by atoms with Crippen LogP contribution in [0.1, 0.15) is 11.4 Å². The zero-order valence-electron chi connectivity index (χ0n) is 11.5. The van der Waals surface area contributed by atoms with Crippen molar-refractivity contribution in [1.82, 2.24) is 9.38 Å². The lowest BCUT2D eigenvalue weighted by atomic mass is 10.1. The quantitative estimate of drug-likeness (QED) is 0.729. The molecule has 0 aliphatic rings. The molecule has 4 heteroatoms. The van der Waals surface area contributed by atoms with E-state index in [1.54, 1.807) is 0 Å². The molecule has 3 nitrogen and oxygen atoms in total. The Bertz CT molecular complexity index is 732. The summed E-state index contributed by atoms with van der Waals surface area (Å²) in [5, 5.41) is 0. The summed E-state index contributed by atoms with van der Waals surface area (Å²) in [6.07, 6.45) is 0.818. The monoisotopic (exact) mass is 329 g/mol. The van der Waals surface area contributed by atoms with Crippen molar-refractivity contribution < 1.29 is 0 Å². The highest BCUT2D eigenvalue weighted by atomic mass is 79.9. The first-order valence-electron chi connectivity index (χ1n) is 6.54. The maximum absolute atomic E-state index is 4.68. The number of aromatic nitrogens is 2. The summed E-state index contributed by atoms with van der Waals surface area (Å²) in [4.78, 5) is 6.79. The van der Waals surface area contributed by atoms with Gasteiger partial charge in [-0.3, -0.25) is 4.40 Å². The van der Waals surface area contributed by atoms with Crippen molar-refractivity contribution in [3.8, 4) is 0 Å². The number of imidazole rings is 1. The van der Waals surface area contributed by atoms with E-state index in [4.69, 9.17) is 0 Å². The lowest BCUT2D eigenvalue weighted by molar-refractivity contribution is 0.927. The van der Waals surface area contributed by atoms with Crippen LogP contribution in [0.5, 0.6) is 0 Å². The average Bonchev–Trinajstić information content (AvgIpc) is 2.77. The Kier molecular flexibility index (Phi) is 3.49. The molecule has 0 saturated carbocycles. The molecule has 0 aliphatic carbocycles. The van der Waals surface area contributed by atoms with Crippen LogP contribution in [0.4, 0.5) is 5.82 Å². The number of benzene rings is 1. The van der Waals surface area contributed by atoms with Crippen LogP contribution in [0.15, 0.2) is 53.1 Å². The van der Waals surface area contributed by atoms with Crippen LogP contribution in [0.25, 0.3) is 5.52 Å². The van der Waals surface area contributed by atoms with Crippen LogP contribution < -0.4 is 4.90 Å². The maximum Gasteiger partial charge on any atom is 0.132 e. The molecule has 0 unspecified atom stereocenters. The van der Waals surface area contributed by atoms with Crippen LogP contribution in [-0.4, -0.2) is 23.5 Å². The molecule has 1 aromatic carbocycles. The third-order valence-corrected chi connectivity index (χ3v) is 3.91. The molecule has 20 heavy (non-hydrogen) atoms. The van der Waals surface area contributed by atoms with Crippen LogP contribution in [0.3, 0.4) is 0 Å². The van der Waals surface area contributed by atoms with E-state index in [1.807, 2.05) is 6.07 Å². The summed E-state index contributed by atoms with van der Waals surface area (Å²) in [6, 6.07) is 16.7. The topological polar surface area (TPSA) is 20.5 Å². The normalized spacial score (nSPS) is 10.9. The molecule has 0 spiro atoms. The Morgan fingerprint density at radius 1 is 1.05 bits per heavy atom. The molecular weight excluding hydrogens is 314 g/mol. The first-order valence-corrected chi connectivity index (χ1v) is 7.33. The van der Waals surface area contributed by atoms with Gasteiger partial charge >= 0.3 is 0 Å². The van der Waals surface area contributed by atoms with Gasteiger partial charge in [0.25, 0.3) is 0 Å². The molecule has 3 rings (SSSR count). The molecule has 0 N–H and O–H groups in total. The largest absolute Gasteiger partial charge is 0.364 e. The first-order chi connectivity index (χ1) is 9.66. The zero-order chi connectivity index (χ0) is 14.1. The van der Waals surface area contributed by atoms with Gasteiger partial charge in [0.1, 0.15) is 16.2 Å². The van der Waals surface area contributed by atoms with Crippen LogP contribution >= 0.6 is 15.9 Å². The molecule has 0 radical (unpaired) electrons. The third kappa shape index (κ3) is 2.31. The minimum Gasteiger partial charge on any atom is -0.364 e. The minimum atomic E-state index is 0.818. The van der Waals surface area contributed by atoms with Crippen LogP contribution in [-0.2, 0) is 6.42 Å². The van der Waals surface area contributed by atoms with Gasteiger partial charge in [-0.15, -0.1) is 0 Å². The van der Waals surface area contributed by atoms with E-state index in [0.29, 0.717) is 0 Å². The van der Waals surface area contributed by atoms with Gasteiger partial charge in [-0.25, -0.2) is 4.98 Å². The number of hydrogen-bond donors (Lipinski definition) is 0. The SMILES string of the molecule is CN(C)c1cccc2c(Br)nc(Cc3ccccc3)n12. The highest BCUT2D eigenvalue weighted by molar-refractivity contribution is 9.10. The number of nitrogens with zero attached hydrogens (tertiary/aromatic N) is 3. The number of hydrogen-bond acceptors (Lipinski definition) is 2. The first kappa shape index (κ1) is 13.2. The summed E-state index contributed by atoms with van der Waals surface area (Å²) in [6.45, 7) is 0. The average molecular weight is 330 g/mol. The van der Waals surface area contributed by atoms with Gasteiger partial charge in [0.05, 0.1) is 5.52 Å². The van der Waals surface area contributed by atoms with Crippen molar-refractivity contribution in [3.05, 3.63) is 64.5 Å². The predicted octanol–water partition coefficient (Wildman–Crippen LogP) is 3.75. The van der Waals surface area contributed by atoms with Crippen LogP contribution in [0.2, 0.25) is 0 Å². The van der Waals surface area contributed by atoms with Gasteiger partial charge in [-0.1, -0.05) is 36.4 Å². The Morgan fingerprint density at radius 2 is 1.80 bits per heavy atom. The zero-order valence-corrected chi connectivity index (χ0v) is 13.1. The third-order valence-electron chi connectivity index (χ3n) is 3.33. The predicted molar refractivity (Wildman–Crippen MR) is 86.5 cm³/mol. The van der Waals surface area contributed by atoms with Crippen molar-refractivity contribution in [2.75, 3.05) is 19.0 Å². The number of pyridine rings is 1. The van der Waals surface area contributed by atoms with E-state index in [2.05, 4.69) is 86.8 Å². The fourth-order valence-electron chi connectivity index (χ4n) is 2.40. The fourth-order valence-corrected chi connectivity index (χ4v) is 2.91. The Hall–Kier alpha value is -1.81. The van der Waals surface area contributed by atoms with Gasteiger partial charge in [-0.05, 0) is 33.6 Å². The van der Waals surface area contributed by atoms with Gasteiger partial charge in [-0.2, -0.15) is 0 Å². The molecule has 2 aromatic heterocycles. The Labute approximate surface area is 127 Å². The molecule has 0 aliphatic heterocycles. The van der Waals surface area contributed by atoms with E-state index in [-0.39, 0.29) is 0 Å². The van der Waals surface area contributed by atoms with Crippen molar-refractivity contribution in [2.45, 2.75) is 6.42 Å². The van der Waals surface area contributed by atoms with Crippen molar-refractivity contribution in [2.24, 2.45) is 0 Å². The van der Waals surface area contributed by atoms with Gasteiger partial charge < -0.3 is 4.90 Å². The number of rotatable bonds is 3. The molecule has 0 saturated heterocycles. The van der Waals surface area contributed by atoms with E-state index < -0.39 is 0 Å². The van der Waals surface area contributed by atoms with E-state index >= 15 is 0 Å². The molecular formula is C16H16BrN3. The molecule has 0 amide bonds. The van der Waals surface area contributed by atoms with Gasteiger partial charge in [0.15, 0.2) is 0 Å². The van der Waals surface area contributed by atoms with Crippen molar-refractivity contribution in [1.29, 1.82) is 0 Å². The van der Waals surface area contributed by atoms with E-state index in [1.165, 1.54) is 5.56 Å². The second kappa shape index (κ2) is 5.29. The minimum absolute atomic E-state index is 0.818. The lowest BCUT2D eigenvalue weighted by Gasteiger charge is -2.16.